The number of anilines is 1. The molecule has 0 aliphatic rings. The number of aryl methyl sites for hydroxylation is 1. The zero-order chi connectivity index (χ0) is 18.0. The van der Waals surface area contributed by atoms with E-state index in [9.17, 15) is 13.2 Å². The van der Waals surface area contributed by atoms with Gasteiger partial charge in [-0.25, -0.2) is 18.5 Å². The first-order valence-electron chi connectivity index (χ1n) is 7.30. The Kier molecular flexibility index (Phi) is 4.67. The Hall–Kier alpha value is -2.55. The maximum Gasteiger partial charge on any atom is 0.255 e. The zero-order valence-electron chi connectivity index (χ0n) is 13.3. The summed E-state index contributed by atoms with van der Waals surface area (Å²) in [5.41, 5.74) is 2.58. The van der Waals surface area contributed by atoms with Crippen molar-refractivity contribution in [2.24, 2.45) is 5.14 Å². The van der Waals surface area contributed by atoms with Crippen molar-refractivity contribution in [1.29, 1.82) is 0 Å². The second kappa shape index (κ2) is 6.75. The van der Waals surface area contributed by atoms with E-state index in [0.717, 1.165) is 16.3 Å². The molecule has 3 N–H and O–H groups in total. The van der Waals surface area contributed by atoms with Gasteiger partial charge in [0.25, 0.3) is 5.91 Å². The number of sulfonamides is 1. The number of nitrogens with zero attached hydrogens (tertiary/aromatic N) is 1. The Morgan fingerprint density at radius 3 is 2.40 bits per heavy atom. The fourth-order valence-corrected chi connectivity index (χ4v) is 3.42. The average molecular weight is 373 g/mol. The molecular formula is C17H15N3O3S2. The van der Waals surface area contributed by atoms with Crippen LogP contribution in [0.15, 0.2) is 58.8 Å². The molecule has 0 saturated heterocycles. The summed E-state index contributed by atoms with van der Waals surface area (Å²) in [6.45, 7) is 1.92. The number of hydrogen-bond acceptors (Lipinski definition) is 5. The van der Waals surface area contributed by atoms with Gasteiger partial charge in [-0.2, -0.15) is 0 Å². The first-order valence-corrected chi connectivity index (χ1v) is 9.73. The topological polar surface area (TPSA) is 102 Å². The fourth-order valence-electron chi connectivity index (χ4n) is 2.29. The molecule has 0 aliphatic carbocycles. The average Bonchev–Trinajstić information content (AvgIpc) is 3.01. The lowest BCUT2D eigenvalue weighted by Crippen LogP contribution is -2.14. The predicted octanol–water partition coefficient (Wildman–Crippen LogP) is 3.02. The molecule has 0 bridgehead atoms. The van der Waals surface area contributed by atoms with Gasteiger partial charge in [0.05, 0.1) is 21.3 Å². The molecule has 0 atom stereocenters. The highest BCUT2D eigenvalue weighted by atomic mass is 32.2. The first-order chi connectivity index (χ1) is 11.8. The zero-order valence-corrected chi connectivity index (χ0v) is 14.9. The molecule has 0 unspecified atom stereocenters. The Balaban J connectivity index is 1.87. The second-order valence-electron chi connectivity index (χ2n) is 5.32. The number of aromatic nitrogens is 1. The molecule has 0 spiro atoms. The summed E-state index contributed by atoms with van der Waals surface area (Å²) < 4.78 is 22.6. The van der Waals surface area contributed by atoms with Crippen LogP contribution in [0.1, 0.15) is 15.4 Å². The van der Waals surface area contributed by atoms with E-state index in [1.165, 1.54) is 35.6 Å². The van der Waals surface area contributed by atoms with Gasteiger partial charge in [0.2, 0.25) is 10.0 Å². The molecule has 1 amide bonds. The van der Waals surface area contributed by atoms with E-state index in [-0.39, 0.29) is 10.8 Å². The van der Waals surface area contributed by atoms with Gasteiger partial charge in [0.1, 0.15) is 0 Å². The van der Waals surface area contributed by atoms with E-state index in [2.05, 4.69) is 10.3 Å². The van der Waals surface area contributed by atoms with Crippen LogP contribution < -0.4 is 10.5 Å². The van der Waals surface area contributed by atoms with E-state index in [4.69, 9.17) is 5.14 Å². The third-order valence-corrected chi connectivity index (χ3v) is 5.22. The van der Waals surface area contributed by atoms with E-state index in [0.29, 0.717) is 11.3 Å². The van der Waals surface area contributed by atoms with Crippen molar-refractivity contribution in [3.63, 3.8) is 0 Å². The minimum absolute atomic E-state index is 0.0394. The number of carbonyl (C=O) groups excluding carboxylic acids is 1. The number of hydrogen-bond donors (Lipinski definition) is 2. The maximum atomic E-state index is 12.5. The fraction of sp³-hybridized carbons (Fsp3) is 0.0588. The van der Waals surface area contributed by atoms with Crippen molar-refractivity contribution >= 4 is 33.0 Å². The lowest BCUT2D eigenvalue weighted by molar-refractivity contribution is 0.102. The number of nitrogens with one attached hydrogen (secondary N) is 1. The van der Waals surface area contributed by atoms with Gasteiger partial charge >= 0.3 is 0 Å². The molecule has 3 rings (SSSR count). The summed E-state index contributed by atoms with van der Waals surface area (Å²) in [6, 6.07) is 12.8. The van der Waals surface area contributed by atoms with Crippen LogP contribution in [0.3, 0.4) is 0 Å². The molecule has 8 heteroatoms. The summed E-state index contributed by atoms with van der Waals surface area (Å²) in [4.78, 5) is 16.9. The molecular weight excluding hydrogens is 358 g/mol. The minimum Gasteiger partial charge on any atom is -0.321 e. The normalized spacial score (nSPS) is 11.3. The largest absolute Gasteiger partial charge is 0.321 e. The smallest absolute Gasteiger partial charge is 0.255 e. The van der Waals surface area contributed by atoms with Crippen molar-refractivity contribution in [3.05, 3.63) is 64.5 Å². The number of carbonyl (C=O) groups is 1. The lowest BCUT2D eigenvalue weighted by atomic mass is 10.1. The summed E-state index contributed by atoms with van der Waals surface area (Å²) in [5, 5.41) is 10.8. The van der Waals surface area contributed by atoms with Crippen LogP contribution in [0.25, 0.3) is 11.3 Å². The van der Waals surface area contributed by atoms with Crippen molar-refractivity contribution in [1.82, 2.24) is 4.98 Å². The third-order valence-electron chi connectivity index (χ3n) is 3.52. The van der Waals surface area contributed by atoms with Crippen molar-refractivity contribution in [3.8, 4) is 11.3 Å². The molecule has 1 aromatic heterocycles. The Bertz CT molecular complexity index is 1030. The third kappa shape index (κ3) is 3.93. The molecule has 6 nitrogen and oxygen atoms in total. The van der Waals surface area contributed by atoms with Crippen LogP contribution >= 0.6 is 11.3 Å². The van der Waals surface area contributed by atoms with Gasteiger partial charge in [-0.3, -0.25) is 4.79 Å². The van der Waals surface area contributed by atoms with E-state index in [1.807, 2.05) is 30.5 Å². The molecule has 1 heterocycles. The van der Waals surface area contributed by atoms with Crippen molar-refractivity contribution in [2.75, 3.05) is 5.32 Å². The van der Waals surface area contributed by atoms with E-state index < -0.39 is 10.0 Å². The summed E-state index contributed by atoms with van der Waals surface area (Å²) in [6.07, 6.45) is 0. The van der Waals surface area contributed by atoms with Gasteiger partial charge in [0, 0.05) is 16.5 Å². The monoisotopic (exact) mass is 373 g/mol. The number of thiazole rings is 1. The molecule has 0 aliphatic heterocycles. The lowest BCUT2D eigenvalue weighted by Gasteiger charge is -2.10. The van der Waals surface area contributed by atoms with Gasteiger partial charge in [-0.05, 0) is 37.3 Å². The Morgan fingerprint density at radius 1 is 1.12 bits per heavy atom. The standard InChI is InChI=1S/C17H15N3O3S2/c1-11-19-16(10-24-11)14-4-2-3-5-15(14)20-17(21)12-6-8-13(9-7-12)25(18,22)23/h2-10H,1H3,(H,20,21)(H2,18,22,23). The number of benzene rings is 2. The highest BCUT2D eigenvalue weighted by molar-refractivity contribution is 7.89. The van der Waals surface area contributed by atoms with Gasteiger partial charge in [0.15, 0.2) is 0 Å². The number of para-hydroxylation sites is 1. The van der Waals surface area contributed by atoms with Crippen molar-refractivity contribution < 1.29 is 13.2 Å². The van der Waals surface area contributed by atoms with Gasteiger partial charge in [-0.15, -0.1) is 11.3 Å². The van der Waals surface area contributed by atoms with Crippen LogP contribution in [0.4, 0.5) is 5.69 Å². The molecule has 3 aromatic rings. The van der Waals surface area contributed by atoms with Crippen LogP contribution in [0.5, 0.6) is 0 Å². The predicted molar refractivity (Wildman–Crippen MR) is 98.1 cm³/mol. The highest BCUT2D eigenvalue weighted by Gasteiger charge is 2.13. The molecule has 128 valence electrons. The summed E-state index contributed by atoms with van der Waals surface area (Å²) in [7, 11) is -3.78. The molecule has 2 aromatic carbocycles. The van der Waals surface area contributed by atoms with Crippen LogP contribution in [-0.2, 0) is 10.0 Å². The van der Waals surface area contributed by atoms with E-state index >= 15 is 0 Å². The Labute approximate surface area is 149 Å². The number of primary sulfonamides is 1. The number of rotatable bonds is 4. The quantitative estimate of drug-likeness (QED) is 0.734. The first kappa shape index (κ1) is 17.3. The van der Waals surface area contributed by atoms with Crippen LogP contribution in [0.2, 0.25) is 0 Å². The maximum absolute atomic E-state index is 12.5. The van der Waals surface area contributed by atoms with Crippen LogP contribution in [-0.4, -0.2) is 19.3 Å². The SMILES string of the molecule is Cc1nc(-c2ccccc2NC(=O)c2ccc(S(N)(=O)=O)cc2)cs1. The molecule has 25 heavy (non-hydrogen) atoms. The number of nitrogens with two attached hydrogens (primary N) is 1. The molecule has 0 saturated carbocycles. The van der Waals surface area contributed by atoms with Crippen molar-refractivity contribution in [2.45, 2.75) is 11.8 Å². The van der Waals surface area contributed by atoms with E-state index in [1.54, 1.807) is 6.07 Å². The highest BCUT2D eigenvalue weighted by Crippen LogP contribution is 2.29. The number of amides is 1. The second-order valence-corrected chi connectivity index (χ2v) is 7.94. The van der Waals surface area contributed by atoms with Gasteiger partial charge in [-0.1, -0.05) is 18.2 Å². The summed E-state index contributed by atoms with van der Waals surface area (Å²) in [5.74, 6) is -0.347. The van der Waals surface area contributed by atoms with Crippen LogP contribution in [0, 0.1) is 6.92 Å². The molecule has 0 radical (unpaired) electrons. The summed E-state index contributed by atoms with van der Waals surface area (Å²) >= 11 is 1.53. The molecule has 0 fully saturated rings. The Morgan fingerprint density at radius 2 is 1.80 bits per heavy atom. The minimum atomic E-state index is -3.78. The van der Waals surface area contributed by atoms with Gasteiger partial charge < -0.3 is 5.32 Å².